The maximum atomic E-state index is 11.6. The van der Waals surface area contributed by atoms with Crippen molar-refractivity contribution >= 4 is 11.7 Å². The molecule has 0 aromatic heterocycles. The minimum atomic E-state index is -0.303. The highest BCUT2D eigenvalue weighted by atomic mass is 16.5. The first kappa shape index (κ1) is 10.0. The van der Waals surface area contributed by atoms with Gasteiger partial charge in [-0.05, 0) is 37.8 Å². The van der Waals surface area contributed by atoms with Gasteiger partial charge in [0.05, 0.1) is 12.2 Å². The summed E-state index contributed by atoms with van der Waals surface area (Å²) in [6.45, 7) is 2.46. The average molecular weight is 205 g/mol. The highest BCUT2D eigenvalue weighted by molar-refractivity contribution is 5.95. The summed E-state index contributed by atoms with van der Waals surface area (Å²) in [5.74, 6) is 0.281. The zero-order chi connectivity index (χ0) is 10.8. The number of nitrogen functional groups attached to an aromatic ring is 1. The van der Waals surface area contributed by atoms with Gasteiger partial charge >= 0.3 is 5.97 Å². The molecule has 1 aromatic rings. The van der Waals surface area contributed by atoms with Gasteiger partial charge in [0, 0.05) is 5.69 Å². The summed E-state index contributed by atoms with van der Waals surface area (Å²) in [5, 5.41) is 0. The lowest BCUT2D eigenvalue weighted by Gasteiger charge is -2.06. The molecule has 2 N–H and O–H groups in total. The number of hydrogen-bond donors (Lipinski definition) is 1. The summed E-state index contributed by atoms with van der Waals surface area (Å²) in [6, 6.07) is 5.39. The van der Waals surface area contributed by atoms with Crippen molar-refractivity contribution in [3.05, 3.63) is 29.3 Å². The Balaban J connectivity index is 2.05. The standard InChI is InChI=1S/C12H15NO2/c1-8-2-5-11(13)10(6-8)12(14)15-7-9-3-4-9/h2,5-6,9H,3-4,7,13H2,1H3. The Bertz CT molecular complexity index is 383. The number of nitrogens with two attached hydrogens (primary N) is 1. The third-order valence-electron chi connectivity index (χ3n) is 2.58. The smallest absolute Gasteiger partial charge is 0.340 e. The molecule has 0 unspecified atom stereocenters. The largest absolute Gasteiger partial charge is 0.462 e. The van der Waals surface area contributed by atoms with Crippen LogP contribution in [0.4, 0.5) is 5.69 Å². The van der Waals surface area contributed by atoms with Crippen LogP contribution >= 0.6 is 0 Å². The van der Waals surface area contributed by atoms with Crippen molar-refractivity contribution in [3.8, 4) is 0 Å². The van der Waals surface area contributed by atoms with Gasteiger partial charge in [0.25, 0.3) is 0 Å². The van der Waals surface area contributed by atoms with Crippen molar-refractivity contribution in [2.45, 2.75) is 19.8 Å². The Hall–Kier alpha value is -1.51. The Morgan fingerprint density at radius 3 is 2.93 bits per heavy atom. The molecule has 0 amide bonds. The summed E-state index contributed by atoms with van der Waals surface area (Å²) in [5.41, 5.74) is 7.70. The third-order valence-corrected chi connectivity index (χ3v) is 2.58. The summed E-state index contributed by atoms with van der Waals surface area (Å²) >= 11 is 0. The summed E-state index contributed by atoms with van der Waals surface area (Å²) in [6.07, 6.45) is 2.35. The van der Waals surface area contributed by atoms with E-state index >= 15 is 0 Å². The monoisotopic (exact) mass is 205 g/mol. The molecule has 1 aliphatic carbocycles. The van der Waals surface area contributed by atoms with Crippen LogP contribution in [0, 0.1) is 12.8 Å². The van der Waals surface area contributed by atoms with Crippen molar-refractivity contribution in [1.82, 2.24) is 0 Å². The molecule has 3 nitrogen and oxygen atoms in total. The summed E-state index contributed by atoms with van der Waals surface area (Å²) in [4.78, 5) is 11.6. The number of aryl methyl sites for hydroxylation is 1. The molecule has 15 heavy (non-hydrogen) atoms. The Kier molecular flexibility index (Phi) is 2.62. The second-order valence-electron chi connectivity index (χ2n) is 4.13. The SMILES string of the molecule is Cc1ccc(N)c(C(=O)OCC2CC2)c1. The second kappa shape index (κ2) is 3.93. The average Bonchev–Trinajstić information content (AvgIpc) is 3.02. The molecule has 1 fully saturated rings. The van der Waals surface area contributed by atoms with Gasteiger partial charge in [-0.25, -0.2) is 4.79 Å². The van der Waals surface area contributed by atoms with E-state index in [4.69, 9.17) is 10.5 Å². The number of anilines is 1. The van der Waals surface area contributed by atoms with Crippen molar-refractivity contribution in [1.29, 1.82) is 0 Å². The number of rotatable bonds is 3. The number of ether oxygens (including phenoxy) is 1. The normalized spacial score (nSPS) is 15.0. The van der Waals surface area contributed by atoms with E-state index in [0.29, 0.717) is 23.8 Å². The minimum Gasteiger partial charge on any atom is -0.462 e. The van der Waals surface area contributed by atoms with Crippen LogP contribution in [-0.2, 0) is 4.74 Å². The highest BCUT2D eigenvalue weighted by Gasteiger charge is 2.23. The number of carbonyl (C=O) groups is 1. The molecule has 3 heteroatoms. The van der Waals surface area contributed by atoms with Crippen LogP contribution in [0.1, 0.15) is 28.8 Å². The van der Waals surface area contributed by atoms with E-state index in [1.165, 1.54) is 12.8 Å². The van der Waals surface area contributed by atoms with Crippen molar-refractivity contribution in [3.63, 3.8) is 0 Å². The Morgan fingerprint density at radius 1 is 1.53 bits per heavy atom. The molecule has 0 bridgehead atoms. The molecule has 0 spiro atoms. The lowest BCUT2D eigenvalue weighted by atomic mass is 10.1. The molecule has 80 valence electrons. The quantitative estimate of drug-likeness (QED) is 0.607. The van der Waals surface area contributed by atoms with Gasteiger partial charge in [0.1, 0.15) is 0 Å². The molecule has 0 saturated heterocycles. The number of carbonyl (C=O) groups excluding carboxylic acids is 1. The van der Waals surface area contributed by atoms with Gasteiger partial charge in [-0.1, -0.05) is 11.6 Å². The molecular formula is C12H15NO2. The van der Waals surface area contributed by atoms with Gasteiger partial charge in [0.15, 0.2) is 0 Å². The summed E-state index contributed by atoms with van der Waals surface area (Å²) < 4.78 is 5.17. The zero-order valence-electron chi connectivity index (χ0n) is 8.82. The van der Waals surface area contributed by atoms with E-state index in [1.54, 1.807) is 12.1 Å². The predicted molar refractivity (Wildman–Crippen MR) is 58.6 cm³/mol. The highest BCUT2D eigenvalue weighted by Crippen LogP contribution is 2.29. The molecule has 2 rings (SSSR count). The van der Waals surface area contributed by atoms with Crippen LogP contribution in [-0.4, -0.2) is 12.6 Å². The Morgan fingerprint density at radius 2 is 2.27 bits per heavy atom. The number of esters is 1. The number of hydrogen-bond acceptors (Lipinski definition) is 3. The van der Waals surface area contributed by atoms with E-state index in [1.807, 2.05) is 13.0 Å². The van der Waals surface area contributed by atoms with Crippen LogP contribution in [0.2, 0.25) is 0 Å². The van der Waals surface area contributed by atoms with E-state index in [-0.39, 0.29) is 5.97 Å². The molecule has 1 aromatic carbocycles. The molecule has 0 atom stereocenters. The first-order valence-electron chi connectivity index (χ1n) is 5.20. The first-order chi connectivity index (χ1) is 7.16. The van der Waals surface area contributed by atoms with E-state index in [0.717, 1.165) is 5.56 Å². The fourth-order valence-corrected chi connectivity index (χ4v) is 1.40. The first-order valence-corrected chi connectivity index (χ1v) is 5.20. The fourth-order valence-electron chi connectivity index (χ4n) is 1.40. The molecule has 1 aliphatic rings. The topological polar surface area (TPSA) is 52.3 Å². The zero-order valence-corrected chi connectivity index (χ0v) is 8.82. The fraction of sp³-hybridized carbons (Fsp3) is 0.417. The maximum Gasteiger partial charge on any atom is 0.340 e. The lowest BCUT2D eigenvalue weighted by molar-refractivity contribution is 0.0487. The van der Waals surface area contributed by atoms with Crippen LogP contribution in [0.3, 0.4) is 0 Å². The van der Waals surface area contributed by atoms with Gasteiger partial charge < -0.3 is 10.5 Å². The lowest BCUT2D eigenvalue weighted by Crippen LogP contribution is -2.10. The van der Waals surface area contributed by atoms with Gasteiger partial charge in [0.2, 0.25) is 0 Å². The minimum absolute atomic E-state index is 0.303. The van der Waals surface area contributed by atoms with Crippen LogP contribution in [0.25, 0.3) is 0 Å². The van der Waals surface area contributed by atoms with Gasteiger partial charge in [-0.3, -0.25) is 0 Å². The maximum absolute atomic E-state index is 11.6. The Labute approximate surface area is 89.2 Å². The van der Waals surface area contributed by atoms with Crippen LogP contribution < -0.4 is 5.73 Å². The predicted octanol–water partition coefficient (Wildman–Crippen LogP) is 2.14. The molecule has 1 saturated carbocycles. The summed E-state index contributed by atoms with van der Waals surface area (Å²) in [7, 11) is 0. The van der Waals surface area contributed by atoms with Crippen LogP contribution in [0.15, 0.2) is 18.2 Å². The molecule has 0 heterocycles. The van der Waals surface area contributed by atoms with E-state index in [2.05, 4.69) is 0 Å². The molecular weight excluding hydrogens is 190 g/mol. The molecule has 0 aliphatic heterocycles. The van der Waals surface area contributed by atoms with Crippen molar-refractivity contribution in [2.75, 3.05) is 12.3 Å². The van der Waals surface area contributed by atoms with Crippen molar-refractivity contribution in [2.24, 2.45) is 5.92 Å². The number of benzene rings is 1. The van der Waals surface area contributed by atoms with Gasteiger partial charge in [-0.2, -0.15) is 0 Å². The van der Waals surface area contributed by atoms with Gasteiger partial charge in [-0.15, -0.1) is 0 Å². The van der Waals surface area contributed by atoms with E-state index < -0.39 is 0 Å². The van der Waals surface area contributed by atoms with E-state index in [9.17, 15) is 4.79 Å². The van der Waals surface area contributed by atoms with Crippen LogP contribution in [0.5, 0.6) is 0 Å². The second-order valence-corrected chi connectivity index (χ2v) is 4.13. The van der Waals surface area contributed by atoms with Crippen molar-refractivity contribution < 1.29 is 9.53 Å². The third kappa shape index (κ3) is 2.49. The molecule has 0 radical (unpaired) electrons.